The second-order valence-electron chi connectivity index (χ2n) is 10.9. The van der Waals surface area contributed by atoms with Crippen LogP contribution in [0.3, 0.4) is 0 Å². The lowest BCUT2D eigenvalue weighted by Gasteiger charge is -2.57. The van der Waals surface area contributed by atoms with Gasteiger partial charge in [0.1, 0.15) is 6.10 Å². The molecule has 0 aromatic heterocycles. The third kappa shape index (κ3) is 3.27. The van der Waals surface area contributed by atoms with Crippen LogP contribution >= 0.6 is 15.9 Å². The minimum absolute atomic E-state index is 0.00367. The van der Waals surface area contributed by atoms with Crippen LogP contribution in [0.5, 0.6) is 0 Å². The third-order valence-corrected chi connectivity index (χ3v) is 10.6. The highest BCUT2D eigenvalue weighted by Crippen LogP contribution is 2.65. The summed E-state index contributed by atoms with van der Waals surface area (Å²) >= 11 is 3.57. The zero-order chi connectivity index (χ0) is 22.0. The van der Waals surface area contributed by atoms with Gasteiger partial charge < -0.3 is 4.74 Å². The molecule has 0 radical (unpaired) electrons. The van der Waals surface area contributed by atoms with Gasteiger partial charge in [0.25, 0.3) is 0 Å². The van der Waals surface area contributed by atoms with Gasteiger partial charge in [-0.05, 0) is 109 Å². The number of aryl methyl sites for hydroxylation is 1. The fourth-order valence-corrected chi connectivity index (χ4v) is 8.13. The summed E-state index contributed by atoms with van der Waals surface area (Å²) in [4.78, 5) is 25.1. The average molecular weight is 485 g/mol. The number of hydrogen-bond donors (Lipinski definition) is 0. The molecule has 3 saturated carbocycles. The Morgan fingerprint density at radius 2 is 1.87 bits per heavy atom. The van der Waals surface area contributed by atoms with Crippen LogP contribution in [0.15, 0.2) is 34.3 Å². The number of ketones is 1. The Balaban J connectivity index is 1.37. The van der Waals surface area contributed by atoms with Crippen molar-refractivity contribution >= 4 is 27.7 Å². The molecule has 0 aliphatic heterocycles. The van der Waals surface area contributed by atoms with E-state index in [9.17, 15) is 9.59 Å². The maximum Gasteiger partial charge on any atom is 0.339 e. The van der Waals surface area contributed by atoms with Gasteiger partial charge in [0.05, 0.1) is 5.56 Å². The highest BCUT2D eigenvalue weighted by atomic mass is 79.9. The molecule has 4 aliphatic carbocycles. The summed E-state index contributed by atoms with van der Waals surface area (Å²) in [6.45, 7) is 6.80. The standard InChI is InChI=1S/C27H33BrO3/c1-16-5-4-6-20(24(16)28)25(30)31-23-10-9-21-19-8-7-17-15-18(29)11-13-26(17,2)22(19)12-14-27(21,23)3/h4-6,15,19,21-23H,7-14H2,1-3H3/t19-,21-,22-,23-,26-,27-/m0/s1. The quantitative estimate of drug-likeness (QED) is 0.432. The SMILES string of the molecule is Cc1cccc(C(=O)O[C@H]2CC[C@H]3[C@@H]4CCC5=CC(=O)CC[C@]5(C)[C@H]4CC[C@]23C)c1Br. The largest absolute Gasteiger partial charge is 0.458 e. The van der Waals surface area contributed by atoms with Gasteiger partial charge in [0.15, 0.2) is 5.78 Å². The molecule has 166 valence electrons. The third-order valence-electron chi connectivity index (χ3n) is 9.54. The Kier molecular flexibility index (Phi) is 5.23. The number of fused-ring (bicyclic) bond motifs is 5. The first-order chi connectivity index (χ1) is 14.7. The van der Waals surface area contributed by atoms with Crippen LogP contribution in [-0.2, 0) is 9.53 Å². The summed E-state index contributed by atoms with van der Waals surface area (Å²) in [7, 11) is 0. The molecule has 3 nitrogen and oxygen atoms in total. The summed E-state index contributed by atoms with van der Waals surface area (Å²) < 4.78 is 7.05. The number of carbonyl (C=O) groups is 2. The van der Waals surface area contributed by atoms with E-state index in [-0.39, 0.29) is 22.9 Å². The average Bonchev–Trinajstić information content (AvgIpc) is 3.07. The topological polar surface area (TPSA) is 43.4 Å². The number of hydrogen-bond acceptors (Lipinski definition) is 3. The van der Waals surface area contributed by atoms with Gasteiger partial charge in [-0.2, -0.15) is 0 Å². The van der Waals surface area contributed by atoms with E-state index < -0.39 is 0 Å². The number of carbonyl (C=O) groups excluding carboxylic acids is 2. The van der Waals surface area contributed by atoms with E-state index in [1.165, 1.54) is 18.4 Å². The summed E-state index contributed by atoms with van der Waals surface area (Å²) in [5.74, 6) is 2.08. The summed E-state index contributed by atoms with van der Waals surface area (Å²) in [5.41, 5.74) is 3.36. The molecule has 0 saturated heterocycles. The molecule has 0 amide bonds. The van der Waals surface area contributed by atoms with E-state index in [2.05, 4.69) is 29.8 Å². The van der Waals surface area contributed by atoms with Gasteiger partial charge in [-0.15, -0.1) is 0 Å². The number of esters is 1. The molecule has 1 aromatic carbocycles. The number of ether oxygens (including phenoxy) is 1. The number of benzene rings is 1. The van der Waals surface area contributed by atoms with Crippen molar-refractivity contribution in [2.75, 3.05) is 0 Å². The molecule has 0 N–H and O–H groups in total. The molecule has 31 heavy (non-hydrogen) atoms. The summed E-state index contributed by atoms with van der Waals surface area (Å²) in [6.07, 6.45) is 10.4. The first-order valence-electron chi connectivity index (χ1n) is 11.9. The van der Waals surface area contributed by atoms with Gasteiger partial charge in [0.2, 0.25) is 0 Å². The van der Waals surface area contributed by atoms with Gasteiger partial charge in [-0.3, -0.25) is 4.79 Å². The van der Waals surface area contributed by atoms with E-state index in [4.69, 9.17) is 4.74 Å². The van der Waals surface area contributed by atoms with Crippen molar-refractivity contribution in [1.29, 1.82) is 0 Å². The normalized spacial score (nSPS) is 39.2. The summed E-state index contributed by atoms with van der Waals surface area (Å²) in [5, 5.41) is 0. The zero-order valence-electron chi connectivity index (χ0n) is 18.9. The van der Waals surface area contributed by atoms with Crippen LogP contribution in [0.1, 0.15) is 81.1 Å². The lowest BCUT2D eigenvalue weighted by molar-refractivity contribution is -0.118. The van der Waals surface area contributed by atoms with Crippen molar-refractivity contribution in [2.24, 2.45) is 28.6 Å². The van der Waals surface area contributed by atoms with Crippen molar-refractivity contribution in [3.63, 3.8) is 0 Å². The van der Waals surface area contributed by atoms with E-state index in [1.54, 1.807) is 0 Å². The number of allylic oxidation sites excluding steroid dienone is 1. The van der Waals surface area contributed by atoms with Crippen LogP contribution in [0.4, 0.5) is 0 Å². The monoisotopic (exact) mass is 484 g/mol. The first-order valence-corrected chi connectivity index (χ1v) is 12.7. The van der Waals surface area contributed by atoms with Crippen LogP contribution in [0, 0.1) is 35.5 Å². The minimum Gasteiger partial charge on any atom is -0.458 e. The Morgan fingerprint density at radius 3 is 2.68 bits per heavy atom. The molecule has 0 unspecified atom stereocenters. The van der Waals surface area contributed by atoms with Gasteiger partial charge >= 0.3 is 5.97 Å². The van der Waals surface area contributed by atoms with E-state index in [1.807, 2.05) is 31.2 Å². The molecule has 0 heterocycles. The predicted octanol–water partition coefficient (Wildman–Crippen LogP) is 6.81. The van der Waals surface area contributed by atoms with Crippen molar-refractivity contribution < 1.29 is 14.3 Å². The molecule has 6 atom stereocenters. The predicted molar refractivity (Wildman–Crippen MR) is 125 cm³/mol. The second kappa shape index (κ2) is 7.57. The van der Waals surface area contributed by atoms with Gasteiger partial charge in [-0.1, -0.05) is 31.6 Å². The Morgan fingerprint density at radius 1 is 1.06 bits per heavy atom. The maximum absolute atomic E-state index is 13.1. The van der Waals surface area contributed by atoms with E-state index in [0.29, 0.717) is 35.5 Å². The summed E-state index contributed by atoms with van der Waals surface area (Å²) in [6, 6.07) is 5.77. The number of halogens is 1. The Hall–Kier alpha value is -1.42. The fourth-order valence-electron chi connectivity index (χ4n) is 7.70. The van der Waals surface area contributed by atoms with E-state index >= 15 is 0 Å². The molecule has 4 heteroatoms. The molecule has 5 rings (SSSR count). The number of rotatable bonds is 2. The smallest absolute Gasteiger partial charge is 0.339 e. The van der Waals surface area contributed by atoms with Gasteiger partial charge in [0, 0.05) is 16.3 Å². The van der Waals surface area contributed by atoms with Gasteiger partial charge in [-0.25, -0.2) is 4.79 Å². The fraction of sp³-hybridized carbons (Fsp3) is 0.630. The highest BCUT2D eigenvalue weighted by Gasteiger charge is 2.60. The van der Waals surface area contributed by atoms with Crippen LogP contribution in [0.25, 0.3) is 0 Å². The van der Waals surface area contributed by atoms with E-state index in [0.717, 1.165) is 42.1 Å². The molecular formula is C27H33BrO3. The molecular weight excluding hydrogens is 452 g/mol. The Bertz CT molecular complexity index is 965. The zero-order valence-corrected chi connectivity index (χ0v) is 20.5. The molecule has 1 aromatic rings. The molecule has 0 spiro atoms. The van der Waals surface area contributed by atoms with Crippen LogP contribution in [-0.4, -0.2) is 17.9 Å². The minimum atomic E-state index is -0.198. The Labute approximate surface area is 194 Å². The van der Waals surface area contributed by atoms with Crippen LogP contribution < -0.4 is 0 Å². The maximum atomic E-state index is 13.1. The molecule has 0 bridgehead atoms. The van der Waals surface area contributed by atoms with Crippen molar-refractivity contribution in [2.45, 2.75) is 78.2 Å². The molecule has 4 aliphatic rings. The highest BCUT2D eigenvalue weighted by molar-refractivity contribution is 9.10. The van der Waals surface area contributed by atoms with Crippen LogP contribution in [0.2, 0.25) is 0 Å². The molecule has 3 fully saturated rings. The second-order valence-corrected chi connectivity index (χ2v) is 11.7. The first kappa shape index (κ1) is 21.4. The lowest BCUT2D eigenvalue weighted by Crippen LogP contribution is -2.51. The van der Waals surface area contributed by atoms with Crippen molar-refractivity contribution in [1.82, 2.24) is 0 Å². The van der Waals surface area contributed by atoms with Crippen molar-refractivity contribution in [3.8, 4) is 0 Å². The van der Waals surface area contributed by atoms with Crippen molar-refractivity contribution in [3.05, 3.63) is 45.4 Å². The lowest BCUT2D eigenvalue weighted by atomic mass is 9.47.